The molecule has 0 bridgehead atoms. The number of ether oxygens (including phenoxy) is 1. The molecule has 0 saturated carbocycles. The van der Waals surface area contributed by atoms with Gasteiger partial charge in [0, 0.05) is 13.0 Å². The molecule has 3 atom stereocenters. The van der Waals surface area contributed by atoms with Crippen LogP contribution >= 0.6 is 0 Å². The van der Waals surface area contributed by atoms with Crippen LogP contribution in [0.3, 0.4) is 0 Å². The van der Waals surface area contributed by atoms with E-state index in [9.17, 15) is 14.7 Å². The van der Waals surface area contributed by atoms with Crippen LogP contribution in [0.15, 0.2) is 60.7 Å². The number of nitrogens with one attached hydrogen (secondary N) is 1. The Morgan fingerprint density at radius 3 is 2.54 bits per heavy atom. The number of nitrogens with zero attached hydrogens (tertiary/aromatic N) is 1. The first-order valence-corrected chi connectivity index (χ1v) is 9.63. The van der Waals surface area contributed by atoms with Crippen LogP contribution in [0, 0.1) is 0 Å². The number of hydrogen-bond acceptors (Lipinski definition) is 4. The maximum atomic E-state index is 12.9. The second-order valence-corrected chi connectivity index (χ2v) is 7.44. The zero-order valence-corrected chi connectivity index (χ0v) is 15.6. The number of alkyl carbamates (subject to hydrolysis) is 1. The summed E-state index contributed by atoms with van der Waals surface area (Å²) >= 11 is 0. The largest absolute Gasteiger partial charge is 0.445 e. The molecule has 6 heteroatoms. The van der Waals surface area contributed by atoms with E-state index in [2.05, 4.69) is 5.32 Å². The molecule has 0 spiro atoms. The van der Waals surface area contributed by atoms with Gasteiger partial charge < -0.3 is 20.1 Å². The Morgan fingerprint density at radius 1 is 1.14 bits per heavy atom. The summed E-state index contributed by atoms with van der Waals surface area (Å²) in [4.78, 5) is 26.9. The van der Waals surface area contributed by atoms with E-state index >= 15 is 0 Å². The molecule has 2 aromatic carbocycles. The van der Waals surface area contributed by atoms with Crippen molar-refractivity contribution in [3.05, 3.63) is 71.8 Å². The van der Waals surface area contributed by atoms with Gasteiger partial charge in [-0.25, -0.2) is 4.79 Å². The molecular weight excluding hydrogens is 356 g/mol. The Kier molecular flexibility index (Phi) is 5.05. The number of carbonyl (C=O) groups excluding carboxylic acids is 2. The van der Waals surface area contributed by atoms with Crippen molar-refractivity contribution < 1.29 is 19.4 Å². The highest BCUT2D eigenvalue weighted by atomic mass is 16.5. The number of piperidine rings is 1. The smallest absolute Gasteiger partial charge is 0.408 e. The summed E-state index contributed by atoms with van der Waals surface area (Å²) < 4.78 is 5.26. The Morgan fingerprint density at radius 2 is 1.82 bits per heavy atom. The van der Waals surface area contributed by atoms with Crippen LogP contribution in [-0.4, -0.2) is 40.6 Å². The highest BCUT2D eigenvalue weighted by molar-refractivity contribution is 5.87. The molecule has 28 heavy (non-hydrogen) atoms. The molecule has 2 N–H and O–H groups in total. The van der Waals surface area contributed by atoms with Crippen LogP contribution in [0.5, 0.6) is 0 Å². The molecule has 0 unspecified atom stereocenters. The van der Waals surface area contributed by atoms with E-state index in [0.717, 1.165) is 24.0 Å². The van der Waals surface area contributed by atoms with Crippen LogP contribution in [0.25, 0.3) is 0 Å². The normalized spacial score (nSPS) is 26.6. The first-order valence-electron chi connectivity index (χ1n) is 9.63. The minimum Gasteiger partial charge on any atom is -0.445 e. The zero-order chi connectivity index (χ0) is 19.6. The van der Waals surface area contributed by atoms with Crippen LogP contribution in [0.4, 0.5) is 4.79 Å². The van der Waals surface area contributed by atoms with Crippen molar-refractivity contribution in [3.63, 3.8) is 0 Å². The monoisotopic (exact) mass is 380 g/mol. The molecule has 2 aromatic rings. The summed E-state index contributed by atoms with van der Waals surface area (Å²) in [7, 11) is 0. The van der Waals surface area contributed by atoms with Crippen molar-refractivity contribution >= 4 is 12.0 Å². The molecule has 0 aromatic heterocycles. The van der Waals surface area contributed by atoms with E-state index in [4.69, 9.17) is 4.74 Å². The molecule has 2 aliphatic heterocycles. The van der Waals surface area contributed by atoms with Gasteiger partial charge in [0.1, 0.15) is 18.2 Å². The standard InChI is InChI=1S/C22H24N2O4/c25-20-18(23-21(26)28-15-16-8-3-1-4-9-16)14-22(27,17-10-5-2-6-11-17)19-12-7-13-24(19)20/h1-6,8-11,18-19,27H,7,12-15H2,(H,23,26)/t18-,19+,22-/m0/s1. The minimum atomic E-state index is -1.19. The summed E-state index contributed by atoms with van der Waals surface area (Å²) in [6, 6.07) is 17.7. The van der Waals surface area contributed by atoms with Crippen molar-refractivity contribution in [3.8, 4) is 0 Å². The van der Waals surface area contributed by atoms with E-state index in [1.807, 2.05) is 60.7 Å². The third kappa shape index (κ3) is 3.47. The van der Waals surface area contributed by atoms with E-state index in [0.29, 0.717) is 6.54 Å². The predicted octanol–water partition coefficient (Wildman–Crippen LogP) is 2.56. The summed E-state index contributed by atoms with van der Waals surface area (Å²) in [6.07, 6.45) is 1.08. The molecule has 2 aliphatic rings. The van der Waals surface area contributed by atoms with Gasteiger partial charge in [-0.05, 0) is 24.0 Å². The molecular formula is C22H24N2O4. The molecule has 4 rings (SSSR count). The van der Waals surface area contributed by atoms with Crippen molar-refractivity contribution in [1.29, 1.82) is 0 Å². The van der Waals surface area contributed by atoms with Crippen molar-refractivity contribution in [2.75, 3.05) is 6.54 Å². The molecule has 146 valence electrons. The van der Waals surface area contributed by atoms with Crippen molar-refractivity contribution in [1.82, 2.24) is 10.2 Å². The lowest BCUT2D eigenvalue weighted by Crippen LogP contribution is -2.63. The Balaban J connectivity index is 1.49. The van der Waals surface area contributed by atoms with Gasteiger partial charge in [-0.1, -0.05) is 60.7 Å². The van der Waals surface area contributed by atoms with E-state index in [1.165, 1.54) is 0 Å². The third-order valence-electron chi connectivity index (χ3n) is 5.68. The Labute approximate surface area is 164 Å². The molecule has 2 fully saturated rings. The van der Waals surface area contributed by atoms with Crippen LogP contribution < -0.4 is 5.32 Å². The molecule has 0 radical (unpaired) electrons. The number of carbonyl (C=O) groups is 2. The fourth-order valence-corrected chi connectivity index (χ4v) is 4.32. The summed E-state index contributed by atoms with van der Waals surface area (Å²) in [6.45, 7) is 0.721. The SMILES string of the molecule is O=C(N[C@H]1C[C@](O)(c2ccccc2)[C@H]2CCCN2C1=O)OCc1ccccc1. The average Bonchev–Trinajstić information content (AvgIpc) is 3.23. The maximum Gasteiger partial charge on any atom is 0.408 e. The number of aliphatic hydroxyl groups is 1. The number of rotatable bonds is 4. The van der Waals surface area contributed by atoms with Crippen LogP contribution in [0.2, 0.25) is 0 Å². The second kappa shape index (κ2) is 7.64. The van der Waals surface area contributed by atoms with E-state index in [-0.39, 0.29) is 25.0 Å². The lowest BCUT2D eigenvalue weighted by atomic mass is 9.77. The first-order chi connectivity index (χ1) is 13.6. The highest BCUT2D eigenvalue weighted by Gasteiger charge is 2.53. The fourth-order valence-electron chi connectivity index (χ4n) is 4.32. The summed E-state index contributed by atoms with van der Waals surface area (Å²) in [5.74, 6) is -0.153. The zero-order valence-electron chi connectivity index (χ0n) is 15.6. The summed E-state index contributed by atoms with van der Waals surface area (Å²) in [5.41, 5.74) is 0.445. The van der Waals surface area contributed by atoms with Gasteiger partial charge >= 0.3 is 6.09 Å². The number of amides is 2. The van der Waals surface area contributed by atoms with Crippen LogP contribution in [-0.2, 0) is 21.7 Å². The number of fused-ring (bicyclic) bond motifs is 1. The van der Waals surface area contributed by atoms with Gasteiger partial charge in [-0.3, -0.25) is 4.79 Å². The van der Waals surface area contributed by atoms with Crippen LogP contribution in [0.1, 0.15) is 30.4 Å². The van der Waals surface area contributed by atoms with Crippen molar-refractivity contribution in [2.45, 2.75) is 43.6 Å². The molecule has 2 amide bonds. The lowest BCUT2D eigenvalue weighted by molar-refractivity contribution is -0.153. The third-order valence-corrected chi connectivity index (χ3v) is 5.68. The molecule has 6 nitrogen and oxygen atoms in total. The Hall–Kier alpha value is -2.86. The molecule has 0 aliphatic carbocycles. The maximum absolute atomic E-state index is 12.9. The van der Waals surface area contributed by atoms with Gasteiger partial charge in [0.05, 0.1) is 6.04 Å². The van der Waals surface area contributed by atoms with E-state index in [1.54, 1.807) is 4.90 Å². The first kappa shape index (κ1) is 18.5. The summed E-state index contributed by atoms with van der Waals surface area (Å²) in [5, 5.41) is 14.2. The predicted molar refractivity (Wildman–Crippen MR) is 103 cm³/mol. The van der Waals surface area contributed by atoms with Gasteiger partial charge in [0.2, 0.25) is 5.91 Å². The fraction of sp³-hybridized carbons (Fsp3) is 0.364. The lowest BCUT2D eigenvalue weighted by Gasteiger charge is -2.46. The number of benzene rings is 2. The average molecular weight is 380 g/mol. The quantitative estimate of drug-likeness (QED) is 0.855. The van der Waals surface area contributed by atoms with Gasteiger partial charge in [-0.2, -0.15) is 0 Å². The van der Waals surface area contributed by atoms with Crippen molar-refractivity contribution in [2.24, 2.45) is 0 Å². The number of hydrogen-bond donors (Lipinski definition) is 2. The Bertz CT molecular complexity index is 842. The second-order valence-electron chi connectivity index (χ2n) is 7.44. The molecule has 2 heterocycles. The minimum absolute atomic E-state index is 0.128. The van der Waals surface area contributed by atoms with Gasteiger partial charge in [-0.15, -0.1) is 0 Å². The van der Waals surface area contributed by atoms with Gasteiger partial charge in [0.15, 0.2) is 0 Å². The molecule has 2 saturated heterocycles. The van der Waals surface area contributed by atoms with Gasteiger partial charge in [0.25, 0.3) is 0 Å². The topological polar surface area (TPSA) is 78.9 Å². The highest BCUT2D eigenvalue weighted by Crippen LogP contribution is 2.42. The van der Waals surface area contributed by atoms with E-state index < -0.39 is 17.7 Å².